The number of benzene rings is 3. The summed E-state index contributed by atoms with van der Waals surface area (Å²) in [7, 11) is 0. The molecule has 2 nitrogen and oxygen atoms in total. The number of para-hydroxylation sites is 2. The van der Waals surface area contributed by atoms with Gasteiger partial charge in [-0.25, -0.2) is 5.84 Å². The Morgan fingerprint density at radius 2 is 1.15 bits per heavy atom. The Hall–Kier alpha value is -2.58. The molecule has 0 saturated heterocycles. The third-order valence-electron chi connectivity index (χ3n) is 3.28. The zero-order chi connectivity index (χ0) is 13.8. The molecule has 0 radical (unpaired) electrons. The van der Waals surface area contributed by atoms with Crippen molar-refractivity contribution in [2.45, 2.75) is 0 Å². The number of hydrogen-bond acceptors (Lipinski definition) is 2. The third kappa shape index (κ3) is 2.42. The molecule has 0 aliphatic carbocycles. The SMILES string of the molecule is NN(c1ccccc1)c1ccccc1-c1ccccc1. The van der Waals surface area contributed by atoms with Crippen LogP contribution in [-0.4, -0.2) is 0 Å². The molecular formula is C18H16N2. The average molecular weight is 260 g/mol. The molecule has 2 heteroatoms. The van der Waals surface area contributed by atoms with Gasteiger partial charge in [-0.2, -0.15) is 0 Å². The minimum atomic E-state index is 0.968. The van der Waals surface area contributed by atoms with Gasteiger partial charge in [0.25, 0.3) is 0 Å². The Labute approximate surface area is 119 Å². The van der Waals surface area contributed by atoms with E-state index in [0.29, 0.717) is 0 Å². The second-order valence-electron chi connectivity index (χ2n) is 4.59. The zero-order valence-electron chi connectivity index (χ0n) is 11.1. The monoisotopic (exact) mass is 260 g/mol. The summed E-state index contributed by atoms with van der Waals surface area (Å²) >= 11 is 0. The second-order valence-corrected chi connectivity index (χ2v) is 4.59. The lowest BCUT2D eigenvalue weighted by Crippen LogP contribution is -2.25. The molecule has 3 aromatic carbocycles. The number of nitrogens with two attached hydrogens (primary N) is 1. The molecular weight excluding hydrogens is 244 g/mol. The van der Waals surface area contributed by atoms with Gasteiger partial charge in [0.1, 0.15) is 0 Å². The van der Waals surface area contributed by atoms with Gasteiger partial charge in [-0.05, 0) is 23.8 Å². The number of hydrazine groups is 1. The molecule has 0 aromatic heterocycles. The highest BCUT2D eigenvalue weighted by molar-refractivity contribution is 5.81. The van der Waals surface area contributed by atoms with Crippen LogP contribution in [0.1, 0.15) is 0 Å². The van der Waals surface area contributed by atoms with Crippen LogP contribution >= 0.6 is 0 Å². The van der Waals surface area contributed by atoms with Gasteiger partial charge in [-0.3, -0.25) is 5.01 Å². The van der Waals surface area contributed by atoms with Crippen LogP contribution in [0.5, 0.6) is 0 Å². The second kappa shape index (κ2) is 5.59. The largest absolute Gasteiger partial charge is 0.279 e. The van der Waals surface area contributed by atoms with Crippen LogP contribution in [0.3, 0.4) is 0 Å². The Morgan fingerprint density at radius 3 is 1.85 bits per heavy atom. The van der Waals surface area contributed by atoms with E-state index in [1.807, 2.05) is 66.7 Å². The van der Waals surface area contributed by atoms with Crippen LogP contribution < -0.4 is 10.9 Å². The molecule has 0 spiro atoms. The minimum Gasteiger partial charge on any atom is -0.279 e. The highest BCUT2D eigenvalue weighted by Gasteiger charge is 2.10. The number of anilines is 2. The maximum absolute atomic E-state index is 6.29. The van der Waals surface area contributed by atoms with Crippen molar-refractivity contribution < 1.29 is 0 Å². The molecule has 0 heterocycles. The Bertz CT molecular complexity index is 678. The quantitative estimate of drug-likeness (QED) is 0.560. The molecule has 2 N–H and O–H groups in total. The molecule has 0 amide bonds. The van der Waals surface area contributed by atoms with Gasteiger partial charge in [0.15, 0.2) is 0 Å². The van der Waals surface area contributed by atoms with Crippen molar-refractivity contribution in [2.75, 3.05) is 5.01 Å². The van der Waals surface area contributed by atoms with Crippen LogP contribution in [0.25, 0.3) is 11.1 Å². The summed E-state index contributed by atoms with van der Waals surface area (Å²) < 4.78 is 0. The van der Waals surface area contributed by atoms with E-state index in [0.717, 1.165) is 22.5 Å². The van der Waals surface area contributed by atoms with Crippen LogP contribution in [-0.2, 0) is 0 Å². The summed E-state index contributed by atoms with van der Waals surface area (Å²) in [5, 5.41) is 1.72. The molecule has 20 heavy (non-hydrogen) atoms. The lowest BCUT2D eigenvalue weighted by Gasteiger charge is -2.22. The Morgan fingerprint density at radius 1 is 0.600 bits per heavy atom. The summed E-state index contributed by atoms with van der Waals surface area (Å²) in [6, 6.07) is 28.4. The number of nitrogens with zero attached hydrogens (tertiary/aromatic N) is 1. The lowest BCUT2D eigenvalue weighted by molar-refractivity contribution is 1.09. The Kier molecular flexibility index (Phi) is 3.48. The lowest BCUT2D eigenvalue weighted by atomic mass is 10.0. The normalized spacial score (nSPS) is 10.2. The molecule has 0 saturated carbocycles. The molecule has 3 aromatic rings. The van der Waals surface area contributed by atoms with Crippen LogP contribution in [0, 0.1) is 0 Å². The van der Waals surface area contributed by atoms with Crippen LogP contribution in [0.15, 0.2) is 84.9 Å². The van der Waals surface area contributed by atoms with Gasteiger partial charge in [-0.15, -0.1) is 0 Å². The molecule has 3 rings (SSSR count). The van der Waals surface area contributed by atoms with Gasteiger partial charge in [0.05, 0.1) is 11.4 Å². The molecule has 0 aliphatic heterocycles. The third-order valence-corrected chi connectivity index (χ3v) is 3.28. The first-order valence-electron chi connectivity index (χ1n) is 6.60. The van der Waals surface area contributed by atoms with Crippen molar-refractivity contribution in [3.8, 4) is 11.1 Å². The molecule has 98 valence electrons. The van der Waals surface area contributed by atoms with Crippen LogP contribution in [0.2, 0.25) is 0 Å². The fraction of sp³-hybridized carbons (Fsp3) is 0. The van der Waals surface area contributed by atoms with E-state index in [1.54, 1.807) is 5.01 Å². The molecule has 0 unspecified atom stereocenters. The summed E-state index contributed by atoms with van der Waals surface area (Å²) in [6.07, 6.45) is 0. The Balaban J connectivity index is 2.07. The maximum Gasteiger partial charge on any atom is 0.0653 e. The van der Waals surface area contributed by atoms with Crippen LogP contribution in [0.4, 0.5) is 11.4 Å². The average Bonchev–Trinajstić information content (AvgIpc) is 2.56. The first kappa shape index (κ1) is 12.5. The highest BCUT2D eigenvalue weighted by Crippen LogP contribution is 2.32. The van der Waals surface area contributed by atoms with Crippen molar-refractivity contribution in [2.24, 2.45) is 5.84 Å². The first-order valence-corrected chi connectivity index (χ1v) is 6.60. The first-order chi connectivity index (χ1) is 9.86. The number of hydrogen-bond donors (Lipinski definition) is 1. The van der Waals surface area contributed by atoms with Gasteiger partial charge < -0.3 is 0 Å². The van der Waals surface area contributed by atoms with E-state index < -0.39 is 0 Å². The van der Waals surface area contributed by atoms with E-state index in [2.05, 4.69) is 18.2 Å². The van der Waals surface area contributed by atoms with E-state index >= 15 is 0 Å². The minimum absolute atomic E-state index is 0.968. The van der Waals surface area contributed by atoms with Gasteiger partial charge in [0, 0.05) is 5.56 Å². The molecule has 0 aliphatic rings. The van der Waals surface area contributed by atoms with Gasteiger partial charge in [0.2, 0.25) is 0 Å². The fourth-order valence-electron chi connectivity index (χ4n) is 2.27. The van der Waals surface area contributed by atoms with Crippen molar-refractivity contribution >= 4 is 11.4 Å². The van der Waals surface area contributed by atoms with E-state index in [1.165, 1.54) is 0 Å². The smallest absolute Gasteiger partial charge is 0.0653 e. The van der Waals surface area contributed by atoms with Crippen molar-refractivity contribution in [3.63, 3.8) is 0 Å². The molecule has 0 fully saturated rings. The predicted octanol–water partition coefficient (Wildman–Crippen LogP) is 4.37. The van der Waals surface area contributed by atoms with Gasteiger partial charge >= 0.3 is 0 Å². The predicted molar refractivity (Wildman–Crippen MR) is 84.6 cm³/mol. The summed E-state index contributed by atoms with van der Waals surface area (Å²) in [4.78, 5) is 0. The van der Waals surface area contributed by atoms with Crippen molar-refractivity contribution in [3.05, 3.63) is 84.9 Å². The van der Waals surface area contributed by atoms with E-state index in [9.17, 15) is 0 Å². The fourth-order valence-corrected chi connectivity index (χ4v) is 2.27. The topological polar surface area (TPSA) is 29.3 Å². The summed E-state index contributed by atoms with van der Waals surface area (Å²) in [5.41, 5.74) is 4.25. The van der Waals surface area contributed by atoms with Crippen molar-refractivity contribution in [1.82, 2.24) is 0 Å². The summed E-state index contributed by atoms with van der Waals surface area (Å²) in [6.45, 7) is 0. The maximum atomic E-state index is 6.29. The van der Waals surface area contributed by atoms with Gasteiger partial charge in [-0.1, -0.05) is 66.7 Å². The molecule has 0 bridgehead atoms. The standard InChI is InChI=1S/C18H16N2/c19-20(16-11-5-2-6-12-16)18-14-8-7-13-17(18)15-9-3-1-4-10-15/h1-14H,19H2. The van der Waals surface area contributed by atoms with E-state index in [4.69, 9.17) is 5.84 Å². The summed E-state index contributed by atoms with van der Waals surface area (Å²) in [5.74, 6) is 6.29. The molecule has 0 atom stereocenters. The van der Waals surface area contributed by atoms with Crippen molar-refractivity contribution in [1.29, 1.82) is 0 Å². The highest BCUT2D eigenvalue weighted by atomic mass is 15.4. The van der Waals surface area contributed by atoms with E-state index in [-0.39, 0.29) is 0 Å². The number of rotatable bonds is 3. The zero-order valence-corrected chi connectivity index (χ0v) is 11.1.